The zero-order valence-corrected chi connectivity index (χ0v) is 22.6. The quantitative estimate of drug-likeness (QED) is 0.299. The molecule has 3 aromatic carbocycles. The molecule has 0 spiro atoms. The number of ether oxygens (including phenoxy) is 1. The molecule has 0 saturated carbocycles. The molecule has 1 aromatic heterocycles. The number of hydrogen-bond acceptors (Lipinski definition) is 6. The van der Waals surface area contributed by atoms with Crippen LogP contribution in [0.5, 0.6) is 0 Å². The topological polar surface area (TPSA) is 99.3 Å². The number of halogens is 1. The maximum absolute atomic E-state index is 13.6. The second-order valence-corrected chi connectivity index (χ2v) is 9.35. The lowest BCUT2D eigenvalue weighted by molar-refractivity contribution is 0.0351. The van der Waals surface area contributed by atoms with E-state index in [-0.39, 0.29) is 24.4 Å². The van der Waals surface area contributed by atoms with Crippen LogP contribution < -0.4 is 5.32 Å². The van der Waals surface area contributed by atoms with Gasteiger partial charge in [-0.25, -0.2) is 4.79 Å². The summed E-state index contributed by atoms with van der Waals surface area (Å²) in [6, 6.07) is 28.4. The predicted molar refractivity (Wildman–Crippen MR) is 154 cm³/mol. The van der Waals surface area contributed by atoms with Gasteiger partial charge < -0.3 is 15.0 Å². The van der Waals surface area contributed by atoms with E-state index in [2.05, 4.69) is 79.4 Å². The normalized spacial score (nSPS) is 13.6. The number of amides is 2. The number of tetrazole rings is 1. The molecule has 0 radical (unpaired) electrons. The molecule has 2 amide bonds. The van der Waals surface area contributed by atoms with Gasteiger partial charge in [-0.1, -0.05) is 72.8 Å². The van der Waals surface area contributed by atoms with Gasteiger partial charge in [-0.05, 0) is 34.9 Å². The summed E-state index contributed by atoms with van der Waals surface area (Å²) in [7, 11) is 0. The molecule has 5 rings (SSSR count). The number of rotatable bonds is 10. The van der Waals surface area contributed by atoms with E-state index in [9.17, 15) is 4.79 Å². The van der Waals surface area contributed by atoms with Gasteiger partial charge in [0.2, 0.25) is 5.82 Å². The molecule has 2 heterocycles. The van der Waals surface area contributed by atoms with Crippen molar-refractivity contribution in [1.82, 2.24) is 30.4 Å². The van der Waals surface area contributed by atoms with Crippen molar-refractivity contribution < 1.29 is 9.53 Å². The van der Waals surface area contributed by atoms with Crippen molar-refractivity contribution >= 4 is 24.1 Å². The largest absolute Gasteiger partial charge is 0.379 e. The third-order valence-corrected chi connectivity index (χ3v) is 6.89. The van der Waals surface area contributed by atoms with Crippen LogP contribution >= 0.6 is 12.4 Å². The third kappa shape index (κ3) is 7.86. The molecule has 10 heteroatoms. The number of nitrogens with one attached hydrogen (secondary N) is 2. The molecule has 1 fully saturated rings. The number of urea groups is 1. The number of carbonyl (C=O) groups is 1. The molecule has 1 saturated heterocycles. The van der Waals surface area contributed by atoms with Crippen LogP contribution in [0.3, 0.4) is 0 Å². The Balaban J connectivity index is 0.00000353. The van der Waals surface area contributed by atoms with Crippen LogP contribution in [0.2, 0.25) is 0 Å². The molecule has 0 aliphatic carbocycles. The molecule has 4 aromatic rings. The average molecular weight is 548 g/mol. The first-order valence-electron chi connectivity index (χ1n) is 13.1. The van der Waals surface area contributed by atoms with Gasteiger partial charge in [-0.3, -0.25) is 4.90 Å². The number of hydrogen-bond donors (Lipinski definition) is 2. The zero-order chi connectivity index (χ0) is 26.0. The Morgan fingerprint density at radius 2 is 1.64 bits per heavy atom. The maximum Gasteiger partial charge on any atom is 0.321 e. The van der Waals surface area contributed by atoms with Crippen LogP contribution in [0.1, 0.15) is 23.5 Å². The number of nitrogens with zero attached hydrogens (tertiary/aromatic N) is 5. The second kappa shape index (κ2) is 14.4. The fourth-order valence-electron chi connectivity index (χ4n) is 4.81. The predicted octanol–water partition coefficient (Wildman–Crippen LogP) is 4.68. The molecular formula is C29H34ClN7O2. The number of anilines is 1. The van der Waals surface area contributed by atoms with Crippen molar-refractivity contribution in [3.05, 3.63) is 96.1 Å². The Kier molecular flexibility index (Phi) is 10.4. The SMILES string of the molecule is Cl.O=C(Nc1cccc(-c2nn[nH]n2)c1)N(CCC(c1ccccc1)c1ccccc1)CCN1CCOCC1. The van der Waals surface area contributed by atoms with Crippen LogP contribution in [-0.2, 0) is 4.74 Å². The van der Waals surface area contributed by atoms with E-state index in [1.807, 2.05) is 41.3 Å². The van der Waals surface area contributed by atoms with Gasteiger partial charge in [0.05, 0.1) is 13.2 Å². The smallest absolute Gasteiger partial charge is 0.321 e. The highest BCUT2D eigenvalue weighted by Gasteiger charge is 2.21. The van der Waals surface area contributed by atoms with E-state index in [0.717, 1.165) is 44.8 Å². The summed E-state index contributed by atoms with van der Waals surface area (Å²) < 4.78 is 5.50. The number of H-pyrrole nitrogens is 1. The first-order chi connectivity index (χ1) is 18.8. The highest BCUT2D eigenvalue weighted by molar-refractivity contribution is 5.90. The number of morpholine rings is 1. The lowest BCUT2D eigenvalue weighted by atomic mass is 9.88. The summed E-state index contributed by atoms with van der Waals surface area (Å²) in [6.45, 7) is 5.30. The number of aromatic amines is 1. The summed E-state index contributed by atoms with van der Waals surface area (Å²) in [4.78, 5) is 17.9. The Labute approximate surface area is 235 Å². The molecular weight excluding hydrogens is 514 g/mol. The van der Waals surface area contributed by atoms with E-state index in [0.29, 0.717) is 24.6 Å². The molecule has 9 nitrogen and oxygen atoms in total. The van der Waals surface area contributed by atoms with E-state index in [1.54, 1.807) is 0 Å². The van der Waals surface area contributed by atoms with Gasteiger partial charge in [-0.2, -0.15) is 5.21 Å². The Hall–Kier alpha value is -3.79. The van der Waals surface area contributed by atoms with Gasteiger partial charge in [0.1, 0.15) is 0 Å². The standard InChI is InChI=1S/C29H33N7O2.ClH/c37-29(30-26-13-7-12-25(22-26)28-31-33-34-32-28)36(17-16-35-18-20-38-21-19-35)15-14-27(23-8-3-1-4-9-23)24-10-5-2-6-11-24;/h1-13,22,27H,14-21H2,(H,30,37)(H,31,32,33,34);1H. The van der Waals surface area contributed by atoms with Crippen molar-refractivity contribution in [3.8, 4) is 11.4 Å². The third-order valence-electron chi connectivity index (χ3n) is 6.89. The number of carbonyl (C=O) groups excluding carboxylic acids is 1. The van der Waals surface area contributed by atoms with Gasteiger partial charge in [0.15, 0.2) is 0 Å². The first kappa shape index (κ1) is 28.2. The number of benzene rings is 3. The minimum absolute atomic E-state index is 0. The van der Waals surface area contributed by atoms with E-state index < -0.39 is 0 Å². The van der Waals surface area contributed by atoms with E-state index in [1.165, 1.54) is 11.1 Å². The molecule has 1 aliphatic rings. The van der Waals surface area contributed by atoms with Crippen LogP contribution in [0.4, 0.5) is 10.5 Å². The van der Waals surface area contributed by atoms with Crippen molar-refractivity contribution in [2.24, 2.45) is 0 Å². The molecule has 204 valence electrons. The average Bonchev–Trinajstić information content (AvgIpc) is 3.52. The van der Waals surface area contributed by atoms with Crippen LogP contribution in [0, 0.1) is 0 Å². The highest BCUT2D eigenvalue weighted by Crippen LogP contribution is 2.28. The molecule has 2 N–H and O–H groups in total. The molecule has 1 aliphatic heterocycles. The minimum atomic E-state index is -0.122. The highest BCUT2D eigenvalue weighted by atomic mass is 35.5. The molecule has 0 atom stereocenters. The minimum Gasteiger partial charge on any atom is -0.379 e. The molecule has 0 unspecified atom stereocenters. The summed E-state index contributed by atoms with van der Waals surface area (Å²) in [5.41, 5.74) is 3.97. The molecule has 0 bridgehead atoms. The second-order valence-electron chi connectivity index (χ2n) is 9.35. The monoisotopic (exact) mass is 547 g/mol. The van der Waals surface area contributed by atoms with Crippen molar-refractivity contribution in [1.29, 1.82) is 0 Å². The fraction of sp³-hybridized carbons (Fsp3) is 0.310. The lowest BCUT2D eigenvalue weighted by Crippen LogP contribution is -2.44. The number of aromatic nitrogens is 4. The maximum atomic E-state index is 13.6. The Morgan fingerprint density at radius 3 is 2.28 bits per heavy atom. The summed E-state index contributed by atoms with van der Waals surface area (Å²) in [5, 5.41) is 17.3. The van der Waals surface area contributed by atoms with Crippen molar-refractivity contribution in [2.45, 2.75) is 12.3 Å². The fourth-order valence-corrected chi connectivity index (χ4v) is 4.81. The lowest BCUT2D eigenvalue weighted by Gasteiger charge is -2.31. The van der Waals surface area contributed by atoms with Crippen LogP contribution in [-0.4, -0.2) is 82.4 Å². The Morgan fingerprint density at radius 1 is 0.949 bits per heavy atom. The van der Waals surface area contributed by atoms with Gasteiger partial charge in [-0.15, -0.1) is 22.6 Å². The van der Waals surface area contributed by atoms with Crippen molar-refractivity contribution in [2.75, 3.05) is 51.3 Å². The van der Waals surface area contributed by atoms with Gasteiger partial charge in [0.25, 0.3) is 0 Å². The van der Waals surface area contributed by atoms with Crippen LogP contribution in [0.25, 0.3) is 11.4 Å². The van der Waals surface area contributed by atoms with Gasteiger partial charge in [0, 0.05) is 49.9 Å². The summed E-state index contributed by atoms with van der Waals surface area (Å²) in [6.07, 6.45) is 0.813. The van der Waals surface area contributed by atoms with Gasteiger partial charge >= 0.3 is 6.03 Å². The first-order valence-corrected chi connectivity index (χ1v) is 13.1. The Bertz CT molecular complexity index is 1230. The summed E-state index contributed by atoms with van der Waals surface area (Å²) >= 11 is 0. The zero-order valence-electron chi connectivity index (χ0n) is 21.8. The van der Waals surface area contributed by atoms with E-state index >= 15 is 0 Å². The molecule has 39 heavy (non-hydrogen) atoms. The van der Waals surface area contributed by atoms with Crippen LogP contribution in [0.15, 0.2) is 84.9 Å². The van der Waals surface area contributed by atoms with Crippen molar-refractivity contribution in [3.63, 3.8) is 0 Å². The van der Waals surface area contributed by atoms with E-state index in [4.69, 9.17) is 4.74 Å². The summed E-state index contributed by atoms with van der Waals surface area (Å²) in [5.74, 6) is 0.677.